The van der Waals surface area contributed by atoms with Crippen molar-refractivity contribution in [2.75, 3.05) is 21.3 Å². The first-order valence-corrected chi connectivity index (χ1v) is 10.5. The third kappa shape index (κ3) is 4.99. The minimum atomic E-state index is -0.832. The summed E-state index contributed by atoms with van der Waals surface area (Å²) in [5, 5.41) is -0.215. The van der Waals surface area contributed by atoms with Crippen molar-refractivity contribution >= 4 is 17.6 Å². The molecule has 164 valence electrons. The smallest absolute Gasteiger partial charge is 0.308 e. The summed E-state index contributed by atoms with van der Waals surface area (Å²) >= 11 is 6.67. The Morgan fingerprint density at radius 1 is 1.21 bits per heavy atom. The monoisotopic (exact) mass is 422 g/mol. The van der Waals surface area contributed by atoms with Crippen LogP contribution in [0, 0.1) is 5.92 Å². The lowest BCUT2D eigenvalue weighted by atomic mass is 9.88. The molecule has 2 rings (SSSR count). The van der Waals surface area contributed by atoms with Gasteiger partial charge in [-0.2, -0.15) is 0 Å². The molecule has 2 aliphatic rings. The molecule has 0 aromatic heterocycles. The van der Waals surface area contributed by atoms with Crippen LogP contribution in [-0.2, 0) is 33.5 Å². The zero-order chi connectivity index (χ0) is 20.9. The van der Waals surface area contributed by atoms with Crippen molar-refractivity contribution in [2.24, 2.45) is 5.92 Å². The van der Waals surface area contributed by atoms with Crippen LogP contribution >= 0.6 is 11.6 Å². The Kier molecular flexibility index (Phi) is 8.55. The maximum Gasteiger partial charge on any atom is 0.308 e. The van der Waals surface area contributed by atoms with E-state index in [1.807, 2.05) is 13.8 Å². The summed E-state index contributed by atoms with van der Waals surface area (Å²) in [7, 11) is 4.66. The minimum absolute atomic E-state index is 0.0187. The molecule has 0 saturated carbocycles. The van der Waals surface area contributed by atoms with Crippen LogP contribution in [0.15, 0.2) is 0 Å². The van der Waals surface area contributed by atoms with Gasteiger partial charge >= 0.3 is 5.97 Å². The third-order valence-electron chi connectivity index (χ3n) is 6.27. The Hall–Kier alpha value is -0.440. The summed E-state index contributed by atoms with van der Waals surface area (Å²) in [6, 6.07) is 0. The second-order valence-corrected chi connectivity index (χ2v) is 8.52. The maximum absolute atomic E-state index is 11.5. The van der Waals surface area contributed by atoms with E-state index in [9.17, 15) is 4.79 Å². The highest BCUT2D eigenvalue weighted by atomic mass is 35.5. The predicted octanol–water partition coefficient (Wildman–Crippen LogP) is 3.61. The first kappa shape index (κ1) is 23.8. The molecule has 0 aliphatic carbocycles. The molecule has 2 saturated heterocycles. The quantitative estimate of drug-likeness (QED) is 0.319. The van der Waals surface area contributed by atoms with Gasteiger partial charge in [0.05, 0.1) is 31.1 Å². The fourth-order valence-corrected chi connectivity index (χ4v) is 4.66. The SMILES string of the molecule is CCC1OC(CCCC2(OC)CC(C)C(CC(=O)OC)OO2)C(Cl)C1(C)OC. The van der Waals surface area contributed by atoms with Gasteiger partial charge in [0.15, 0.2) is 0 Å². The molecule has 0 N–H and O–H groups in total. The Labute approximate surface area is 173 Å². The molecular formula is C20H35ClO7. The van der Waals surface area contributed by atoms with E-state index in [2.05, 4.69) is 6.92 Å². The van der Waals surface area contributed by atoms with Crippen LogP contribution in [0.25, 0.3) is 0 Å². The summed E-state index contributed by atoms with van der Waals surface area (Å²) < 4.78 is 22.2. The van der Waals surface area contributed by atoms with Crippen molar-refractivity contribution in [3.05, 3.63) is 0 Å². The Bertz CT molecular complexity index is 519. The molecule has 2 fully saturated rings. The van der Waals surface area contributed by atoms with Gasteiger partial charge in [-0.05, 0) is 32.1 Å². The van der Waals surface area contributed by atoms with Crippen molar-refractivity contribution < 1.29 is 33.5 Å². The fourth-order valence-electron chi connectivity index (χ4n) is 4.24. The van der Waals surface area contributed by atoms with E-state index in [0.29, 0.717) is 12.8 Å². The minimum Gasteiger partial charge on any atom is -0.469 e. The summed E-state index contributed by atoms with van der Waals surface area (Å²) in [5.41, 5.74) is -0.486. The molecule has 7 nitrogen and oxygen atoms in total. The summed E-state index contributed by atoms with van der Waals surface area (Å²) in [6.07, 6.45) is 3.42. The van der Waals surface area contributed by atoms with Crippen LogP contribution in [0.4, 0.5) is 0 Å². The van der Waals surface area contributed by atoms with Gasteiger partial charge in [-0.15, -0.1) is 11.6 Å². The molecule has 0 bridgehead atoms. The van der Waals surface area contributed by atoms with Gasteiger partial charge in [0, 0.05) is 27.1 Å². The van der Waals surface area contributed by atoms with E-state index in [0.717, 1.165) is 19.3 Å². The second-order valence-electron chi connectivity index (χ2n) is 8.05. The summed E-state index contributed by atoms with van der Waals surface area (Å²) in [5.74, 6) is -1.05. The number of rotatable bonds is 9. The number of hydrogen-bond donors (Lipinski definition) is 0. The summed E-state index contributed by atoms with van der Waals surface area (Å²) in [6.45, 7) is 6.11. The van der Waals surface area contributed by atoms with Crippen LogP contribution < -0.4 is 0 Å². The van der Waals surface area contributed by atoms with E-state index in [4.69, 9.17) is 40.3 Å². The van der Waals surface area contributed by atoms with Gasteiger partial charge in [-0.1, -0.05) is 13.8 Å². The molecule has 0 aromatic carbocycles. The topological polar surface area (TPSA) is 72.5 Å². The van der Waals surface area contributed by atoms with Crippen molar-refractivity contribution in [1.82, 2.24) is 0 Å². The second kappa shape index (κ2) is 10.0. The molecule has 0 spiro atoms. The van der Waals surface area contributed by atoms with Gasteiger partial charge in [0.25, 0.3) is 0 Å². The number of carbonyl (C=O) groups excluding carboxylic acids is 1. The molecule has 28 heavy (non-hydrogen) atoms. The number of halogens is 1. The number of methoxy groups -OCH3 is 3. The van der Waals surface area contributed by atoms with Crippen molar-refractivity contribution in [2.45, 2.75) is 94.4 Å². The zero-order valence-electron chi connectivity index (χ0n) is 17.9. The molecule has 7 unspecified atom stereocenters. The lowest BCUT2D eigenvalue weighted by Gasteiger charge is -2.41. The predicted molar refractivity (Wildman–Crippen MR) is 104 cm³/mol. The molecule has 2 aliphatic heterocycles. The standard InChI is InChI=1S/C20H35ClO7/c1-7-16-19(3,24-5)18(21)14(26-16)9-8-10-20(25-6)12-13(2)15(27-28-20)11-17(22)23-4/h13-16,18H,7-12H2,1-6H3. The first-order chi connectivity index (χ1) is 13.2. The highest BCUT2D eigenvalue weighted by molar-refractivity contribution is 6.22. The number of hydrogen-bond acceptors (Lipinski definition) is 7. The first-order valence-electron chi connectivity index (χ1n) is 10.1. The molecule has 0 radical (unpaired) electrons. The number of ether oxygens (including phenoxy) is 4. The van der Waals surface area contributed by atoms with Crippen LogP contribution in [0.1, 0.15) is 59.3 Å². The molecule has 2 heterocycles. The number of alkyl halides is 1. The highest BCUT2D eigenvalue weighted by Gasteiger charge is 2.52. The lowest BCUT2D eigenvalue weighted by Crippen LogP contribution is -2.46. The molecular weight excluding hydrogens is 388 g/mol. The van der Waals surface area contributed by atoms with Crippen LogP contribution in [0.3, 0.4) is 0 Å². The van der Waals surface area contributed by atoms with E-state index in [1.54, 1.807) is 14.2 Å². The van der Waals surface area contributed by atoms with Gasteiger partial charge in [0.1, 0.15) is 11.7 Å². The molecule has 8 heteroatoms. The number of carbonyl (C=O) groups is 1. The molecule has 0 amide bonds. The van der Waals surface area contributed by atoms with Gasteiger partial charge in [-0.3, -0.25) is 4.79 Å². The van der Waals surface area contributed by atoms with E-state index < -0.39 is 11.4 Å². The maximum atomic E-state index is 11.5. The Morgan fingerprint density at radius 3 is 2.43 bits per heavy atom. The van der Waals surface area contributed by atoms with Crippen LogP contribution in [-0.4, -0.2) is 62.4 Å². The third-order valence-corrected chi connectivity index (χ3v) is 6.98. The van der Waals surface area contributed by atoms with Crippen molar-refractivity contribution in [3.8, 4) is 0 Å². The normalized spacial score (nSPS) is 41.2. The molecule has 7 atom stereocenters. The highest BCUT2D eigenvalue weighted by Crippen LogP contribution is 2.42. The zero-order valence-corrected chi connectivity index (χ0v) is 18.6. The largest absolute Gasteiger partial charge is 0.469 e. The summed E-state index contributed by atoms with van der Waals surface area (Å²) in [4.78, 5) is 22.6. The van der Waals surface area contributed by atoms with Gasteiger partial charge in [-0.25, -0.2) is 9.78 Å². The van der Waals surface area contributed by atoms with E-state index in [1.165, 1.54) is 7.11 Å². The molecule has 0 aromatic rings. The van der Waals surface area contributed by atoms with Gasteiger partial charge in [0.2, 0.25) is 5.79 Å². The lowest BCUT2D eigenvalue weighted by molar-refractivity contribution is -0.475. The van der Waals surface area contributed by atoms with Crippen LogP contribution in [0.2, 0.25) is 0 Å². The van der Waals surface area contributed by atoms with E-state index >= 15 is 0 Å². The van der Waals surface area contributed by atoms with Crippen molar-refractivity contribution in [1.29, 1.82) is 0 Å². The fraction of sp³-hybridized carbons (Fsp3) is 0.950. The van der Waals surface area contributed by atoms with E-state index in [-0.39, 0.29) is 42.0 Å². The van der Waals surface area contributed by atoms with Crippen LogP contribution in [0.5, 0.6) is 0 Å². The van der Waals surface area contributed by atoms with Gasteiger partial charge < -0.3 is 18.9 Å². The number of esters is 1. The van der Waals surface area contributed by atoms with Crippen molar-refractivity contribution in [3.63, 3.8) is 0 Å². The Balaban J connectivity index is 1.88. The average molecular weight is 423 g/mol. The Morgan fingerprint density at radius 2 is 1.93 bits per heavy atom. The average Bonchev–Trinajstić information content (AvgIpc) is 2.94.